The van der Waals surface area contributed by atoms with E-state index in [9.17, 15) is 4.79 Å². The number of benzene rings is 1. The van der Waals surface area contributed by atoms with Gasteiger partial charge >= 0.3 is 6.01 Å². The molecule has 1 N–H and O–H groups in total. The lowest BCUT2D eigenvalue weighted by Crippen LogP contribution is -2.10. The number of nitrogens with zero attached hydrogens (tertiary/aromatic N) is 2. The number of carbonyl (C=O) groups is 1. The summed E-state index contributed by atoms with van der Waals surface area (Å²) >= 11 is 6.29. The summed E-state index contributed by atoms with van der Waals surface area (Å²) in [5.41, 5.74) is 0.818. The molecule has 0 radical (unpaired) electrons. The highest BCUT2D eigenvalue weighted by Gasteiger charge is 2.14. The predicted octanol–water partition coefficient (Wildman–Crippen LogP) is 4.53. The largest absolute Gasteiger partial charge is 0.403 e. The van der Waals surface area contributed by atoms with E-state index in [0.717, 1.165) is 14.2 Å². The lowest BCUT2D eigenvalue weighted by atomic mass is 10.2. The average Bonchev–Trinajstić information content (AvgIpc) is 3.16. The first-order chi connectivity index (χ1) is 10.7. The summed E-state index contributed by atoms with van der Waals surface area (Å²) in [7, 11) is 0. The van der Waals surface area contributed by atoms with E-state index in [0.29, 0.717) is 10.8 Å². The third kappa shape index (κ3) is 3.40. The second-order valence-electron chi connectivity index (χ2n) is 4.20. The molecule has 0 spiro atoms. The maximum Gasteiger partial charge on any atom is 0.322 e. The Morgan fingerprint density at radius 2 is 2.18 bits per heavy atom. The van der Waals surface area contributed by atoms with Crippen molar-refractivity contribution < 1.29 is 9.21 Å². The van der Waals surface area contributed by atoms with Gasteiger partial charge in [0.05, 0.1) is 8.66 Å². The molecule has 0 unspecified atom stereocenters. The molecule has 2 heterocycles. The standard InChI is InChI=1S/C14H10BrN3O2S2/c1-21-9-4-2-3-8(7-9)13-17-18-14(20-13)16-12(19)10-5-6-11(15)22-10/h2-7H,1H3,(H,16,18,19). The van der Waals surface area contributed by atoms with Crippen molar-refractivity contribution in [2.24, 2.45) is 0 Å². The van der Waals surface area contributed by atoms with Gasteiger partial charge in [-0.3, -0.25) is 10.1 Å². The minimum atomic E-state index is -0.274. The summed E-state index contributed by atoms with van der Waals surface area (Å²) in [4.78, 5) is 13.7. The minimum absolute atomic E-state index is 0.0825. The third-order valence-electron chi connectivity index (χ3n) is 2.76. The maximum atomic E-state index is 12.0. The van der Waals surface area contributed by atoms with Crippen molar-refractivity contribution in [3.8, 4) is 11.5 Å². The van der Waals surface area contributed by atoms with E-state index < -0.39 is 0 Å². The summed E-state index contributed by atoms with van der Waals surface area (Å²) in [6, 6.07) is 11.4. The van der Waals surface area contributed by atoms with Crippen molar-refractivity contribution in [3.05, 3.63) is 45.1 Å². The van der Waals surface area contributed by atoms with Gasteiger partial charge in [0.2, 0.25) is 5.89 Å². The van der Waals surface area contributed by atoms with Crippen LogP contribution in [0.3, 0.4) is 0 Å². The normalized spacial score (nSPS) is 10.6. The number of thioether (sulfide) groups is 1. The van der Waals surface area contributed by atoms with Gasteiger partial charge < -0.3 is 4.42 Å². The van der Waals surface area contributed by atoms with Gasteiger partial charge in [-0.25, -0.2) is 0 Å². The average molecular weight is 396 g/mol. The SMILES string of the molecule is CSc1cccc(-c2nnc(NC(=O)c3ccc(Br)s3)o2)c1. The smallest absolute Gasteiger partial charge is 0.322 e. The number of anilines is 1. The first-order valence-electron chi connectivity index (χ1n) is 6.20. The van der Waals surface area contributed by atoms with Crippen molar-refractivity contribution in [2.45, 2.75) is 4.90 Å². The zero-order valence-electron chi connectivity index (χ0n) is 11.4. The summed E-state index contributed by atoms with van der Waals surface area (Å²) in [6.07, 6.45) is 2.00. The highest BCUT2D eigenvalue weighted by Crippen LogP contribution is 2.26. The Labute approximate surface area is 143 Å². The van der Waals surface area contributed by atoms with Gasteiger partial charge in [0.15, 0.2) is 0 Å². The fourth-order valence-corrected chi connectivity index (χ4v) is 3.48. The topological polar surface area (TPSA) is 68.0 Å². The lowest BCUT2D eigenvalue weighted by Gasteiger charge is -1.99. The Bertz CT molecular complexity index is 816. The van der Waals surface area contributed by atoms with E-state index in [1.807, 2.05) is 36.6 Å². The highest BCUT2D eigenvalue weighted by molar-refractivity contribution is 9.11. The molecular weight excluding hydrogens is 386 g/mol. The van der Waals surface area contributed by atoms with Crippen LogP contribution >= 0.6 is 39.0 Å². The van der Waals surface area contributed by atoms with Crippen molar-refractivity contribution in [1.29, 1.82) is 0 Å². The van der Waals surface area contributed by atoms with Crippen LogP contribution in [0.5, 0.6) is 0 Å². The molecule has 0 fully saturated rings. The molecule has 0 atom stereocenters. The molecule has 0 saturated heterocycles. The quantitative estimate of drug-likeness (QED) is 0.656. The van der Waals surface area contributed by atoms with Crippen molar-refractivity contribution in [1.82, 2.24) is 10.2 Å². The number of amides is 1. The molecule has 2 aromatic heterocycles. The molecule has 112 valence electrons. The number of carbonyl (C=O) groups excluding carboxylic acids is 1. The van der Waals surface area contributed by atoms with Gasteiger partial charge in [-0.15, -0.1) is 28.2 Å². The number of thiophene rings is 1. The van der Waals surface area contributed by atoms with E-state index in [4.69, 9.17) is 4.42 Å². The van der Waals surface area contributed by atoms with Crippen molar-refractivity contribution in [2.75, 3.05) is 11.6 Å². The second-order valence-corrected chi connectivity index (χ2v) is 7.54. The maximum absolute atomic E-state index is 12.0. The second kappa shape index (κ2) is 6.64. The van der Waals surface area contributed by atoms with Gasteiger partial charge in [-0.1, -0.05) is 11.2 Å². The van der Waals surface area contributed by atoms with E-state index in [-0.39, 0.29) is 11.9 Å². The molecule has 0 aliphatic rings. The Morgan fingerprint density at radius 3 is 2.91 bits per heavy atom. The molecule has 0 bridgehead atoms. The van der Waals surface area contributed by atoms with Gasteiger partial charge in [0, 0.05) is 10.5 Å². The van der Waals surface area contributed by atoms with E-state index in [1.54, 1.807) is 17.8 Å². The van der Waals surface area contributed by atoms with Crippen LogP contribution in [0.15, 0.2) is 49.5 Å². The Morgan fingerprint density at radius 1 is 1.32 bits per heavy atom. The minimum Gasteiger partial charge on any atom is -0.403 e. The zero-order valence-corrected chi connectivity index (χ0v) is 14.6. The van der Waals surface area contributed by atoms with Crippen molar-refractivity contribution in [3.63, 3.8) is 0 Å². The van der Waals surface area contributed by atoms with Gasteiger partial charge in [0.1, 0.15) is 0 Å². The molecule has 8 heteroatoms. The highest BCUT2D eigenvalue weighted by atomic mass is 79.9. The number of hydrogen-bond acceptors (Lipinski definition) is 6. The molecule has 1 amide bonds. The van der Waals surface area contributed by atoms with E-state index >= 15 is 0 Å². The number of halogens is 1. The number of hydrogen-bond donors (Lipinski definition) is 1. The molecule has 0 aliphatic heterocycles. The lowest BCUT2D eigenvalue weighted by molar-refractivity contribution is 0.102. The van der Waals surface area contributed by atoms with Crippen LogP contribution in [0.25, 0.3) is 11.5 Å². The summed E-state index contributed by atoms with van der Waals surface area (Å²) in [5.74, 6) is 0.0994. The molecule has 22 heavy (non-hydrogen) atoms. The molecule has 0 aliphatic carbocycles. The van der Waals surface area contributed by atoms with E-state index in [1.165, 1.54) is 11.3 Å². The first kappa shape index (κ1) is 15.3. The monoisotopic (exact) mass is 395 g/mol. The molecule has 5 nitrogen and oxygen atoms in total. The van der Waals surface area contributed by atoms with Gasteiger partial charge in [-0.2, -0.15) is 0 Å². The number of aromatic nitrogens is 2. The van der Waals surface area contributed by atoms with Crippen LogP contribution in [-0.2, 0) is 0 Å². The molecule has 1 aromatic carbocycles. The molecule has 3 aromatic rings. The van der Waals surface area contributed by atoms with E-state index in [2.05, 4.69) is 31.4 Å². The molecule has 3 rings (SSSR count). The Kier molecular flexibility index (Phi) is 4.60. The molecule has 0 saturated carbocycles. The molecular formula is C14H10BrN3O2S2. The van der Waals surface area contributed by atoms with Crippen LogP contribution in [0.2, 0.25) is 0 Å². The number of rotatable bonds is 4. The zero-order chi connectivity index (χ0) is 15.5. The van der Waals surface area contributed by atoms with Crippen LogP contribution in [-0.4, -0.2) is 22.4 Å². The van der Waals surface area contributed by atoms with Gasteiger partial charge in [-0.05, 0) is 52.5 Å². The predicted molar refractivity (Wildman–Crippen MR) is 91.5 cm³/mol. The summed E-state index contributed by atoms with van der Waals surface area (Å²) < 4.78 is 6.38. The Balaban J connectivity index is 1.77. The van der Waals surface area contributed by atoms with Crippen LogP contribution in [0.1, 0.15) is 9.67 Å². The van der Waals surface area contributed by atoms with Crippen LogP contribution < -0.4 is 5.32 Å². The Hall–Kier alpha value is -1.64. The fourth-order valence-electron chi connectivity index (χ4n) is 1.74. The number of nitrogens with one attached hydrogen (secondary N) is 1. The fraction of sp³-hybridized carbons (Fsp3) is 0.0714. The first-order valence-corrected chi connectivity index (χ1v) is 9.04. The third-order valence-corrected chi connectivity index (χ3v) is 5.11. The van der Waals surface area contributed by atoms with Crippen LogP contribution in [0, 0.1) is 0 Å². The van der Waals surface area contributed by atoms with Gasteiger partial charge in [0.25, 0.3) is 5.91 Å². The summed E-state index contributed by atoms with van der Waals surface area (Å²) in [5, 5.41) is 10.4. The van der Waals surface area contributed by atoms with Crippen molar-refractivity contribution >= 4 is 51.0 Å². The summed E-state index contributed by atoms with van der Waals surface area (Å²) in [6.45, 7) is 0. The van der Waals surface area contributed by atoms with Crippen LogP contribution in [0.4, 0.5) is 6.01 Å².